The predicted octanol–water partition coefficient (Wildman–Crippen LogP) is 4.90. The molecule has 2 aromatic carbocycles. The molecule has 1 aliphatic rings. The van der Waals surface area contributed by atoms with Crippen molar-refractivity contribution in [3.05, 3.63) is 63.8 Å². The summed E-state index contributed by atoms with van der Waals surface area (Å²) in [4.78, 5) is 7.05. The van der Waals surface area contributed by atoms with E-state index in [2.05, 4.69) is 23.2 Å². The van der Waals surface area contributed by atoms with Gasteiger partial charge in [-0.3, -0.25) is 9.88 Å². The highest BCUT2D eigenvalue weighted by molar-refractivity contribution is 6.32. The lowest BCUT2D eigenvalue weighted by atomic mass is 9.99. The van der Waals surface area contributed by atoms with E-state index in [1.54, 1.807) is 7.11 Å². The molecule has 2 N–H and O–H groups in total. The van der Waals surface area contributed by atoms with E-state index in [0.717, 1.165) is 59.1 Å². The largest absolute Gasteiger partial charge is 0.495 e. The third kappa shape index (κ3) is 5.22. The number of likely N-dealkylation sites (tertiary alicyclic amines) is 1. The van der Waals surface area contributed by atoms with Crippen molar-refractivity contribution in [1.29, 1.82) is 5.26 Å². The van der Waals surface area contributed by atoms with Crippen molar-refractivity contribution in [3.63, 3.8) is 0 Å². The second kappa shape index (κ2) is 10.4. The van der Waals surface area contributed by atoms with Crippen LogP contribution >= 0.6 is 11.6 Å². The number of piperidine rings is 1. The summed E-state index contributed by atoms with van der Waals surface area (Å²) in [6.45, 7) is 4.93. The predicted molar refractivity (Wildman–Crippen MR) is 132 cm³/mol. The highest BCUT2D eigenvalue weighted by atomic mass is 35.5. The van der Waals surface area contributed by atoms with Gasteiger partial charge in [0.2, 0.25) is 0 Å². The van der Waals surface area contributed by atoms with E-state index in [0.29, 0.717) is 36.0 Å². The average molecular weight is 465 g/mol. The Bertz CT molecular complexity index is 1190. The number of halogens is 1. The molecule has 2 heterocycles. The molecule has 6 nitrogen and oxygen atoms in total. The molecule has 4 rings (SSSR count). The standard InChI is InChI=1S/C26H29ClN4O2/c1-3-19-9-18(12-28)10-22-25(19)30-14-20(15-31-8-4-5-21(32)16-31)26(22)29-13-17-6-7-24(33-2)23(27)11-17/h6-7,9-11,14,21,32H,3-5,8,13,15-16H2,1-2H3,(H,29,30). The topological polar surface area (TPSA) is 81.4 Å². The molecule has 7 heteroatoms. The maximum atomic E-state index is 10.1. The fourth-order valence-electron chi connectivity index (χ4n) is 4.51. The monoisotopic (exact) mass is 464 g/mol. The Morgan fingerprint density at radius 3 is 2.85 bits per heavy atom. The summed E-state index contributed by atoms with van der Waals surface area (Å²) in [6.07, 6.45) is 4.26. The number of aromatic nitrogens is 1. The molecule has 1 atom stereocenters. The van der Waals surface area contributed by atoms with Crippen LogP contribution in [0.15, 0.2) is 36.5 Å². The number of rotatable bonds is 7. The minimum Gasteiger partial charge on any atom is -0.495 e. The lowest BCUT2D eigenvalue weighted by molar-refractivity contribution is 0.0669. The number of ether oxygens (including phenoxy) is 1. The second-order valence-corrected chi connectivity index (χ2v) is 8.92. The van der Waals surface area contributed by atoms with Crippen LogP contribution in [0.5, 0.6) is 5.75 Å². The Labute approximate surface area is 199 Å². The number of aryl methyl sites for hydroxylation is 1. The zero-order valence-corrected chi connectivity index (χ0v) is 19.8. The van der Waals surface area contributed by atoms with Gasteiger partial charge in [-0.05, 0) is 61.2 Å². The lowest BCUT2D eigenvalue weighted by Gasteiger charge is -2.30. The molecular formula is C26H29ClN4O2. The average Bonchev–Trinajstić information content (AvgIpc) is 2.82. The SMILES string of the molecule is CCc1cc(C#N)cc2c(NCc3ccc(OC)c(Cl)c3)c(CN3CCCC(O)C3)cnc12. The molecule has 0 spiro atoms. The molecular weight excluding hydrogens is 436 g/mol. The van der Waals surface area contributed by atoms with Crippen molar-refractivity contribution in [2.24, 2.45) is 0 Å². The van der Waals surface area contributed by atoms with E-state index >= 15 is 0 Å². The van der Waals surface area contributed by atoms with E-state index in [-0.39, 0.29) is 6.10 Å². The number of nitrogens with one attached hydrogen (secondary N) is 1. The van der Waals surface area contributed by atoms with Crippen molar-refractivity contribution in [2.45, 2.75) is 45.4 Å². The number of benzene rings is 2. The molecule has 33 heavy (non-hydrogen) atoms. The Kier molecular flexibility index (Phi) is 7.34. The smallest absolute Gasteiger partial charge is 0.137 e. The molecule has 1 aliphatic heterocycles. The number of pyridine rings is 1. The molecule has 1 aromatic heterocycles. The molecule has 0 aliphatic carbocycles. The van der Waals surface area contributed by atoms with Gasteiger partial charge in [-0.25, -0.2) is 0 Å². The van der Waals surface area contributed by atoms with Crippen LogP contribution in [0.4, 0.5) is 5.69 Å². The molecule has 1 unspecified atom stereocenters. The van der Waals surface area contributed by atoms with Crippen LogP contribution in [0.3, 0.4) is 0 Å². The van der Waals surface area contributed by atoms with Crippen LogP contribution in [-0.2, 0) is 19.5 Å². The van der Waals surface area contributed by atoms with Crippen LogP contribution < -0.4 is 10.1 Å². The van der Waals surface area contributed by atoms with Gasteiger partial charge in [0.1, 0.15) is 5.75 Å². The maximum Gasteiger partial charge on any atom is 0.137 e. The molecule has 0 amide bonds. The summed E-state index contributed by atoms with van der Waals surface area (Å²) in [7, 11) is 1.60. The minimum atomic E-state index is -0.290. The fourth-order valence-corrected chi connectivity index (χ4v) is 4.79. The second-order valence-electron chi connectivity index (χ2n) is 8.51. The summed E-state index contributed by atoms with van der Waals surface area (Å²) in [5, 5.41) is 24.8. The first kappa shape index (κ1) is 23.3. The highest BCUT2D eigenvalue weighted by Gasteiger charge is 2.20. The number of anilines is 1. The van der Waals surface area contributed by atoms with Crippen LogP contribution in [0, 0.1) is 11.3 Å². The van der Waals surface area contributed by atoms with E-state index in [9.17, 15) is 10.4 Å². The number of methoxy groups -OCH3 is 1. The highest BCUT2D eigenvalue weighted by Crippen LogP contribution is 2.32. The molecule has 1 saturated heterocycles. The van der Waals surface area contributed by atoms with Gasteiger partial charge in [0.25, 0.3) is 0 Å². The van der Waals surface area contributed by atoms with Crippen molar-refractivity contribution >= 4 is 28.2 Å². The molecule has 172 valence electrons. The van der Waals surface area contributed by atoms with Gasteiger partial charge in [0.05, 0.1) is 35.4 Å². The summed E-state index contributed by atoms with van der Waals surface area (Å²) in [5.74, 6) is 0.644. The molecule has 3 aromatic rings. The van der Waals surface area contributed by atoms with E-state index in [1.165, 1.54) is 0 Å². The number of nitriles is 1. The van der Waals surface area contributed by atoms with Crippen molar-refractivity contribution in [1.82, 2.24) is 9.88 Å². The quantitative estimate of drug-likeness (QED) is 0.517. The van der Waals surface area contributed by atoms with Gasteiger partial charge in [-0.2, -0.15) is 5.26 Å². The zero-order chi connectivity index (χ0) is 23.4. The van der Waals surface area contributed by atoms with E-state index in [4.69, 9.17) is 21.3 Å². The molecule has 0 bridgehead atoms. The lowest BCUT2D eigenvalue weighted by Crippen LogP contribution is -2.37. The number of aliphatic hydroxyl groups excluding tert-OH is 1. The van der Waals surface area contributed by atoms with Gasteiger partial charge >= 0.3 is 0 Å². The molecule has 0 radical (unpaired) electrons. The van der Waals surface area contributed by atoms with E-state index in [1.807, 2.05) is 36.5 Å². The number of aliphatic hydroxyl groups is 1. The number of fused-ring (bicyclic) bond motifs is 1. The fraction of sp³-hybridized carbons (Fsp3) is 0.385. The minimum absolute atomic E-state index is 0.290. The van der Waals surface area contributed by atoms with Gasteiger partial charge in [-0.15, -0.1) is 0 Å². The summed E-state index contributed by atoms with van der Waals surface area (Å²) in [5.41, 5.74) is 5.64. The number of hydrogen-bond donors (Lipinski definition) is 2. The number of nitrogens with zero attached hydrogens (tertiary/aromatic N) is 3. The Morgan fingerprint density at radius 1 is 1.30 bits per heavy atom. The van der Waals surface area contributed by atoms with Crippen LogP contribution in [0.2, 0.25) is 5.02 Å². The Hall–Kier alpha value is -2.85. The van der Waals surface area contributed by atoms with Crippen LogP contribution in [0.1, 0.15) is 42.0 Å². The maximum absolute atomic E-state index is 10.1. The van der Waals surface area contributed by atoms with Gasteiger partial charge in [-0.1, -0.05) is 24.6 Å². The summed E-state index contributed by atoms with van der Waals surface area (Å²) in [6, 6.07) is 11.9. The Morgan fingerprint density at radius 2 is 2.15 bits per heavy atom. The number of hydrogen-bond acceptors (Lipinski definition) is 6. The van der Waals surface area contributed by atoms with Crippen molar-refractivity contribution in [3.8, 4) is 11.8 Å². The first-order valence-corrected chi connectivity index (χ1v) is 11.7. The van der Waals surface area contributed by atoms with Gasteiger partial charge in [0.15, 0.2) is 0 Å². The summed E-state index contributed by atoms with van der Waals surface area (Å²) >= 11 is 6.33. The third-order valence-electron chi connectivity index (χ3n) is 6.20. The Balaban J connectivity index is 1.73. The van der Waals surface area contributed by atoms with Crippen molar-refractivity contribution in [2.75, 3.05) is 25.5 Å². The van der Waals surface area contributed by atoms with Crippen LogP contribution in [-0.4, -0.2) is 41.3 Å². The molecule has 0 saturated carbocycles. The first-order valence-electron chi connectivity index (χ1n) is 11.3. The summed E-state index contributed by atoms with van der Waals surface area (Å²) < 4.78 is 5.27. The van der Waals surface area contributed by atoms with Gasteiger partial charge < -0.3 is 15.2 Å². The van der Waals surface area contributed by atoms with Crippen LogP contribution in [0.25, 0.3) is 10.9 Å². The normalized spacial score (nSPS) is 16.5. The van der Waals surface area contributed by atoms with Crippen molar-refractivity contribution < 1.29 is 9.84 Å². The molecule has 1 fully saturated rings. The van der Waals surface area contributed by atoms with Gasteiger partial charge in [0, 0.05) is 42.5 Å². The van der Waals surface area contributed by atoms with E-state index < -0.39 is 0 Å². The third-order valence-corrected chi connectivity index (χ3v) is 6.49. The number of β-amino-alcohol motifs (C(OH)–C–C–N with tert-alkyl or cyclic N) is 1. The zero-order valence-electron chi connectivity index (χ0n) is 19.1. The first-order chi connectivity index (χ1) is 16.0.